The molecule has 0 radical (unpaired) electrons. The van der Waals surface area contributed by atoms with Crippen molar-refractivity contribution in [3.63, 3.8) is 0 Å². The number of pyridine rings is 1. The first-order valence-corrected chi connectivity index (χ1v) is 9.78. The Balaban J connectivity index is 1.75. The van der Waals surface area contributed by atoms with Crippen LogP contribution in [0.4, 0.5) is 4.39 Å². The highest BCUT2D eigenvalue weighted by molar-refractivity contribution is 5.98. The first-order valence-electron chi connectivity index (χ1n) is 9.78. The van der Waals surface area contributed by atoms with Crippen LogP contribution in [-0.2, 0) is 6.54 Å². The van der Waals surface area contributed by atoms with E-state index >= 15 is 0 Å². The molecule has 3 aromatic carbocycles. The summed E-state index contributed by atoms with van der Waals surface area (Å²) in [5.74, 6) is 0.525. The van der Waals surface area contributed by atoms with Crippen molar-refractivity contribution >= 4 is 10.9 Å². The van der Waals surface area contributed by atoms with E-state index in [4.69, 9.17) is 4.74 Å². The largest absolute Gasteiger partial charge is 0.497 e. The van der Waals surface area contributed by atoms with Crippen LogP contribution in [0.3, 0.4) is 0 Å². The first kappa shape index (κ1) is 18.3. The summed E-state index contributed by atoms with van der Waals surface area (Å²) >= 11 is 0. The Labute approximate surface area is 173 Å². The maximum Gasteiger partial charge on any atom is 0.128 e. The van der Waals surface area contributed by atoms with Crippen molar-refractivity contribution in [3.8, 4) is 28.3 Å². The maximum atomic E-state index is 14.4. The van der Waals surface area contributed by atoms with E-state index in [1.54, 1.807) is 13.2 Å². The van der Waals surface area contributed by atoms with Crippen LogP contribution in [0.2, 0.25) is 0 Å². The predicted molar refractivity (Wildman–Crippen MR) is 116 cm³/mol. The zero-order valence-electron chi connectivity index (χ0n) is 16.8. The minimum absolute atomic E-state index is 0.218. The summed E-state index contributed by atoms with van der Waals surface area (Å²) in [6, 6.07) is 20.9. The quantitative estimate of drug-likeness (QED) is 0.390. The molecule has 148 valence electrons. The van der Waals surface area contributed by atoms with Gasteiger partial charge in [0.25, 0.3) is 0 Å². The molecule has 0 N–H and O–H groups in total. The molecule has 0 aliphatic carbocycles. The zero-order chi connectivity index (χ0) is 20.7. The minimum Gasteiger partial charge on any atom is -0.497 e. The van der Waals surface area contributed by atoms with Gasteiger partial charge in [-0.1, -0.05) is 48.0 Å². The van der Waals surface area contributed by atoms with E-state index in [0.29, 0.717) is 12.1 Å². The van der Waals surface area contributed by atoms with E-state index in [9.17, 15) is 4.39 Å². The number of hydrogen-bond donors (Lipinski definition) is 0. The van der Waals surface area contributed by atoms with E-state index in [1.807, 2.05) is 36.5 Å². The second-order valence-corrected chi connectivity index (χ2v) is 7.41. The zero-order valence-corrected chi connectivity index (χ0v) is 16.8. The van der Waals surface area contributed by atoms with Gasteiger partial charge in [0.2, 0.25) is 0 Å². The second kappa shape index (κ2) is 7.26. The molecule has 0 unspecified atom stereocenters. The molecule has 5 heteroatoms. The summed E-state index contributed by atoms with van der Waals surface area (Å²) in [5.41, 5.74) is 6.32. The molecule has 0 amide bonds. The number of ether oxygens (including phenoxy) is 1. The molecule has 2 aliphatic heterocycles. The van der Waals surface area contributed by atoms with E-state index < -0.39 is 0 Å². The number of fused-ring (bicyclic) bond motifs is 3. The van der Waals surface area contributed by atoms with Crippen molar-refractivity contribution in [1.82, 2.24) is 14.8 Å². The van der Waals surface area contributed by atoms with Crippen molar-refractivity contribution in [2.45, 2.75) is 13.5 Å². The number of hydrogen-bond acceptors (Lipinski definition) is 3. The molecule has 0 fully saturated rings. The molecule has 2 aliphatic rings. The molecule has 0 saturated heterocycles. The third-order valence-electron chi connectivity index (χ3n) is 5.44. The summed E-state index contributed by atoms with van der Waals surface area (Å²) in [6.45, 7) is 2.46. The maximum absolute atomic E-state index is 14.4. The fourth-order valence-corrected chi connectivity index (χ4v) is 3.81. The van der Waals surface area contributed by atoms with Gasteiger partial charge in [0, 0.05) is 28.3 Å². The molecule has 2 heterocycles. The number of benzene rings is 3. The fourth-order valence-electron chi connectivity index (χ4n) is 3.81. The average Bonchev–Trinajstić information content (AvgIpc) is 3.19. The number of nitrogens with zero attached hydrogens (tertiary/aromatic N) is 3. The number of methoxy groups -OCH3 is 1. The van der Waals surface area contributed by atoms with E-state index in [0.717, 1.165) is 39.2 Å². The molecule has 0 spiro atoms. The van der Waals surface area contributed by atoms with E-state index in [-0.39, 0.29) is 5.82 Å². The highest BCUT2D eigenvalue weighted by atomic mass is 19.1. The average molecular weight is 397 g/mol. The van der Waals surface area contributed by atoms with Crippen molar-refractivity contribution in [2.24, 2.45) is 0 Å². The highest BCUT2D eigenvalue weighted by Crippen LogP contribution is 2.38. The molecule has 0 atom stereocenters. The molecule has 4 nitrogen and oxygen atoms in total. The Morgan fingerprint density at radius 3 is 2.47 bits per heavy atom. The predicted octanol–water partition coefficient (Wildman–Crippen LogP) is 5.71. The monoisotopic (exact) mass is 397 g/mol. The van der Waals surface area contributed by atoms with Crippen molar-refractivity contribution in [1.29, 1.82) is 0 Å². The minimum atomic E-state index is -0.218. The van der Waals surface area contributed by atoms with Crippen LogP contribution in [0, 0.1) is 12.7 Å². The number of rotatable bonds is 4. The Morgan fingerprint density at radius 1 is 0.933 bits per heavy atom. The van der Waals surface area contributed by atoms with Crippen LogP contribution in [0.25, 0.3) is 33.4 Å². The Morgan fingerprint density at radius 2 is 1.70 bits per heavy atom. The third-order valence-corrected chi connectivity index (χ3v) is 5.44. The Kier molecular flexibility index (Phi) is 4.43. The normalized spacial score (nSPS) is 11.3. The van der Waals surface area contributed by atoms with Gasteiger partial charge in [-0.3, -0.25) is 0 Å². The number of halogens is 1. The van der Waals surface area contributed by atoms with Gasteiger partial charge in [-0.15, -0.1) is 10.2 Å². The van der Waals surface area contributed by atoms with E-state index in [2.05, 4.69) is 46.0 Å². The highest BCUT2D eigenvalue weighted by Gasteiger charge is 2.21. The van der Waals surface area contributed by atoms with Gasteiger partial charge < -0.3 is 9.30 Å². The summed E-state index contributed by atoms with van der Waals surface area (Å²) in [7, 11) is 1.64. The van der Waals surface area contributed by atoms with Gasteiger partial charge in [-0.2, -0.15) is 0 Å². The van der Waals surface area contributed by atoms with Gasteiger partial charge in [-0.25, -0.2) is 4.39 Å². The fraction of sp³-hybridized carbons (Fsp3) is 0.120. The van der Waals surface area contributed by atoms with Crippen molar-refractivity contribution in [2.75, 3.05) is 7.11 Å². The Bertz CT molecular complexity index is 1320. The van der Waals surface area contributed by atoms with Gasteiger partial charge >= 0.3 is 0 Å². The smallest absolute Gasteiger partial charge is 0.128 e. The summed E-state index contributed by atoms with van der Waals surface area (Å²) in [4.78, 5) is 0. The lowest BCUT2D eigenvalue weighted by Crippen LogP contribution is -2.05. The SMILES string of the molecule is COc1ccc2c(c1)c1nnc(-c3ccc(C)cc3)c-1cn2Cc1ccccc1F. The van der Waals surface area contributed by atoms with Gasteiger partial charge in [0.15, 0.2) is 0 Å². The molecular weight excluding hydrogens is 377 g/mol. The first-order chi connectivity index (χ1) is 14.6. The van der Waals surface area contributed by atoms with Gasteiger partial charge in [0.1, 0.15) is 23.0 Å². The third kappa shape index (κ3) is 3.08. The van der Waals surface area contributed by atoms with Crippen LogP contribution >= 0.6 is 0 Å². The molecule has 0 bridgehead atoms. The van der Waals surface area contributed by atoms with Crippen LogP contribution in [-0.4, -0.2) is 21.9 Å². The molecule has 3 aromatic rings. The van der Waals surface area contributed by atoms with Gasteiger partial charge in [0.05, 0.1) is 19.2 Å². The second-order valence-electron chi connectivity index (χ2n) is 7.41. The molecular formula is C25H20FN3O. The van der Waals surface area contributed by atoms with Crippen LogP contribution in [0.1, 0.15) is 11.1 Å². The number of aromatic nitrogens is 3. The lowest BCUT2D eigenvalue weighted by Gasteiger charge is -2.16. The topological polar surface area (TPSA) is 39.9 Å². The van der Waals surface area contributed by atoms with Crippen LogP contribution < -0.4 is 4.74 Å². The molecule has 5 rings (SSSR count). The summed E-state index contributed by atoms with van der Waals surface area (Å²) in [6.07, 6.45) is 2.02. The van der Waals surface area contributed by atoms with Crippen molar-refractivity contribution < 1.29 is 9.13 Å². The van der Waals surface area contributed by atoms with Crippen molar-refractivity contribution in [3.05, 3.63) is 89.9 Å². The molecule has 0 aromatic heterocycles. The van der Waals surface area contributed by atoms with Gasteiger partial charge in [-0.05, 0) is 31.2 Å². The summed E-state index contributed by atoms with van der Waals surface area (Å²) < 4.78 is 21.9. The standard InChI is InChI=1S/C25H20FN3O/c1-16-7-9-17(10-8-16)24-21-15-29(14-18-5-3-4-6-22(18)26)23-12-11-19(30-2)13-20(23)25(21)28-27-24/h3-13,15H,14H2,1-2H3. The van der Waals surface area contributed by atoms with Crippen LogP contribution in [0.15, 0.2) is 72.9 Å². The summed E-state index contributed by atoms with van der Waals surface area (Å²) in [5, 5.41) is 9.91. The molecule has 0 saturated carbocycles. The van der Waals surface area contributed by atoms with E-state index in [1.165, 1.54) is 11.6 Å². The van der Waals surface area contributed by atoms with Crippen LogP contribution in [0.5, 0.6) is 5.75 Å². The molecule has 30 heavy (non-hydrogen) atoms. The Hall–Kier alpha value is -3.73. The number of aryl methyl sites for hydroxylation is 1. The lowest BCUT2D eigenvalue weighted by atomic mass is 10.0. The lowest BCUT2D eigenvalue weighted by molar-refractivity contribution is 0.415.